The predicted octanol–water partition coefficient (Wildman–Crippen LogP) is 4.18. The number of likely N-dealkylation sites (tertiary alicyclic amines) is 1. The third-order valence-corrected chi connectivity index (χ3v) is 7.73. The molecular weight excluding hydrogens is 524 g/mol. The van der Waals surface area contributed by atoms with Gasteiger partial charge in [0.25, 0.3) is 5.56 Å². The average Bonchev–Trinajstić information content (AvgIpc) is 2.79. The van der Waals surface area contributed by atoms with Crippen LogP contribution >= 0.6 is 31.9 Å². The molecule has 8 heteroatoms. The van der Waals surface area contributed by atoms with E-state index < -0.39 is 0 Å². The van der Waals surface area contributed by atoms with Crippen molar-refractivity contribution in [2.75, 3.05) is 26.7 Å². The van der Waals surface area contributed by atoms with Crippen molar-refractivity contribution >= 4 is 42.9 Å². The van der Waals surface area contributed by atoms with Crippen LogP contribution in [0.4, 0.5) is 0 Å². The summed E-state index contributed by atoms with van der Waals surface area (Å²) < 4.78 is 9.25. The van der Waals surface area contributed by atoms with Crippen LogP contribution in [0.2, 0.25) is 0 Å². The van der Waals surface area contributed by atoms with Gasteiger partial charge in [-0.2, -0.15) is 0 Å². The van der Waals surface area contributed by atoms with Crippen molar-refractivity contribution in [1.82, 2.24) is 19.8 Å². The first-order valence-electron chi connectivity index (χ1n) is 10.5. The fourth-order valence-corrected chi connectivity index (χ4v) is 4.68. The largest absolute Gasteiger partial charge is 0.495 e. The van der Waals surface area contributed by atoms with Crippen LogP contribution in [-0.2, 0) is 13.1 Å². The summed E-state index contributed by atoms with van der Waals surface area (Å²) in [5.74, 6) is 0.663. The number of hydrogen-bond acceptors (Lipinski definition) is 5. The number of fused-ring (bicyclic) bond motifs is 1. The normalized spacial score (nSPS) is 15.5. The molecule has 4 rings (SSSR count). The molecule has 1 aliphatic heterocycles. The van der Waals surface area contributed by atoms with Crippen LogP contribution in [0.5, 0.6) is 5.75 Å². The summed E-state index contributed by atoms with van der Waals surface area (Å²) in [7, 11) is 1.61. The van der Waals surface area contributed by atoms with E-state index in [1.54, 1.807) is 30.0 Å². The van der Waals surface area contributed by atoms with E-state index in [4.69, 9.17) is 4.74 Å². The molecule has 0 aliphatic carbocycles. The van der Waals surface area contributed by atoms with Crippen LogP contribution in [0, 0.1) is 0 Å². The van der Waals surface area contributed by atoms with E-state index in [1.807, 2.05) is 6.07 Å². The molecule has 0 amide bonds. The molecular formula is C23H26Br2N4O2. The highest BCUT2D eigenvalue weighted by Gasteiger charge is 2.19. The minimum atomic E-state index is -0.000218. The van der Waals surface area contributed by atoms with Gasteiger partial charge in [-0.3, -0.25) is 9.78 Å². The Bertz CT molecular complexity index is 1110. The maximum atomic E-state index is 12.5. The fraction of sp³-hybridized carbons (Fsp3) is 0.391. The molecule has 0 bridgehead atoms. The molecule has 31 heavy (non-hydrogen) atoms. The third-order valence-electron chi connectivity index (χ3n) is 5.85. The summed E-state index contributed by atoms with van der Waals surface area (Å²) in [4.78, 5) is 19.3. The maximum Gasteiger partial charge on any atom is 0.251 e. The lowest BCUT2D eigenvalue weighted by molar-refractivity contribution is 0.191. The molecule has 0 radical (unpaired) electrons. The minimum absolute atomic E-state index is 0.000218. The van der Waals surface area contributed by atoms with Gasteiger partial charge in [0.2, 0.25) is 0 Å². The van der Waals surface area contributed by atoms with Gasteiger partial charge in [-0.15, -0.1) is 0 Å². The monoisotopic (exact) mass is 548 g/mol. The first kappa shape index (κ1) is 22.5. The van der Waals surface area contributed by atoms with Crippen LogP contribution in [0.3, 0.4) is 0 Å². The van der Waals surface area contributed by atoms with Gasteiger partial charge in [0.1, 0.15) is 5.75 Å². The van der Waals surface area contributed by atoms with Crippen molar-refractivity contribution in [3.8, 4) is 5.75 Å². The van der Waals surface area contributed by atoms with Gasteiger partial charge >= 0.3 is 0 Å². The van der Waals surface area contributed by atoms with Crippen LogP contribution in [0.15, 0.2) is 56.3 Å². The lowest BCUT2D eigenvalue weighted by Gasteiger charge is -2.32. The van der Waals surface area contributed by atoms with Gasteiger partial charge in [0, 0.05) is 46.8 Å². The molecule has 0 unspecified atom stereocenters. The molecule has 0 saturated carbocycles. The van der Waals surface area contributed by atoms with Crippen molar-refractivity contribution in [3.05, 3.63) is 67.5 Å². The molecule has 1 aromatic carbocycles. The van der Waals surface area contributed by atoms with Crippen molar-refractivity contribution < 1.29 is 4.74 Å². The zero-order valence-corrected chi connectivity index (χ0v) is 20.7. The zero-order valence-electron chi connectivity index (χ0n) is 17.5. The summed E-state index contributed by atoms with van der Waals surface area (Å²) in [6.07, 6.45) is 3.90. The summed E-state index contributed by atoms with van der Waals surface area (Å²) >= 11 is 7.08. The Balaban J connectivity index is 1.31. The standard InChI is InChI=1S/C23H26Br2N4O2/c1-31-18-13-22-21(27-15-18)4-5-23(30)29(22)11-10-28-8-6-17(7-9-28)26-14-16-2-3-19(24)20(25)12-16/h2-5,12-13,15,17,26H,6-11,14H2,1H3. The first-order chi connectivity index (χ1) is 15.0. The molecule has 0 atom stereocenters. The number of ether oxygens (including phenoxy) is 1. The Labute approximate surface area is 198 Å². The molecule has 1 aliphatic rings. The molecule has 1 fully saturated rings. The van der Waals surface area contributed by atoms with E-state index in [0.717, 1.165) is 59.0 Å². The molecule has 1 N–H and O–H groups in total. The van der Waals surface area contributed by atoms with E-state index in [0.29, 0.717) is 18.3 Å². The highest BCUT2D eigenvalue weighted by Crippen LogP contribution is 2.24. The van der Waals surface area contributed by atoms with Gasteiger partial charge in [-0.05, 0) is 81.6 Å². The number of rotatable bonds is 7. The molecule has 164 valence electrons. The number of benzene rings is 1. The molecule has 3 aromatic rings. The highest BCUT2D eigenvalue weighted by atomic mass is 79.9. The summed E-state index contributed by atoms with van der Waals surface area (Å²) in [5.41, 5.74) is 2.91. The molecule has 2 aromatic heterocycles. The quantitative estimate of drug-likeness (QED) is 0.479. The maximum absolute atomic E-state index is 12.5. The fourth-order valence-electron chi connectivity index (χ4n) is 4.00. The summed E-state index contributed by atoms with van der Waals surface area (Å²) in [6, 6.07) is 12.1. The van der Waals surface area contributed by atoms with E-state index in [-0.39, 0.29) is 5.56 Å². The van der Waals surface area contributed by atoms with Crippen molar-refractivity contribution in [3.63, 3.8) is 0 Å². The Morgan fingerprint density at radius 1 is 1.10 bits per heavy atom. The third kappa shape index (κ3) is 5.55. The Morgan fingerprint density at radius 3 is 2.65 bits per heavy atom. The molecule has 3 heterocycles. The van der Waals surface area contributed by atoms with Crippen molar-refractivity contribution in [2.45, 2.75) is 32.0 Å². The number of pyridine rings is 2. The second-order valence-corrected chi connectivity index (χ2v) is 9.56. The van der Waals surface area contributed by atoms with Crippen LogP contribution in [0.1, 0.15) is 18.4 Å². The number of nitrogens with one attached hydrogen (secondary N) is 1. The zero-order chi connectivity index (χ0) is 21.8. The van der Waals surface area contributed by atoms with E-state index in [1.165, 1.54) is 5.56 Å². The lowest BCUT2D eigenvalue weighted by atomic mass is 10.0. The average molecular weight is 550 g/mol. The summed E-state index contributed by atoms with van der Waals surface area (Å²) in [6.45, 7) is 4.43. The first-order valence-corrected chi connectivity index (χ1v) is 12.1. The number of nitrogens with zero attached hydrogens (tertiary/aromatic N) is 3. The van der Waals surface area contributed by atoms with Crippen LogP contribution < -0.4 is 15.6 Å². The Hall–Kier alpha value is -1.74. The van der Waals surface area contributed by atoms with Crippen molar-refractivity contribution in [2.24, 2.45) is 0 Å². The van der Waals surface area contributed by atoms with Crippen molar-refractivity contribution in [1.29, 1.82) is 0 Å². The van der Waals surface area contributed by atoms with Gasteiger partial charge < -0.3 is 19.5 Å². The van der Waals surface area contributed by atoms with Gasteiger partial charge in [0.05, 0.1) is 24.3 Å². The smallest absolute Gasteiger partial charge is 0.251 e. The highest BCUT2D eigenvalue weighted by molar-refractivity contribution is 9.13. The van der Waals surface area contributed by atoms with Gasteiger partial charge in [0.15, 0.2) is 0 Å². The Kier molecular flexibility index (Phi) is 7.43. The van der Waals surface area contributed by atoms with Crippen LogP contribution in [-0.4, -0.2) is 47.2 Å². The van der Waals surface area contributed by atoms with E-state index in [9.17, 15) is 4.79 Å². The number of methoxy groups -OCH3 is 1. The minimum Gasteiger partial charge on any atom is -0.495 e. The number of halogens is 2. The number of piperidine rings is 1. The lowest BCUT2D eigenvalue weighted by Crippen LogP contribution is -2.43. The SMILES string of the molecule is COc1cnc2ccc(=O)n(CCN3CCC(NCc4ccc(Br)c(Br)c4)CC3)c2c1. The second-order valence-electron chi connectivity index (χ2n) is 7.85. The number of hydrogen-bond donors (Lipinski definition) is 1. The predicted molar refractivity (Wildman–Crippen MR) is 131 cm³/mol. The van der Waals surface area contributed by atoms with Gasteiger partial charge in [-0.1, -0.05) is 6.07 Å². The van der Waals surface area contributed by atoms with E-state index >= 15 is 0 Å². The number of aromatic nitrogens is 2. The summed E-state index contributed by atoms with van der Waals surface area (Å²) in [5, 5.41) is 3.68. The Morgan fingerprint density at radius 2 is 1.90 bits per heavy atom. The van der Waals surface area contributed by atoms with Gasteiger partial charge in [-0.25, -0.2) is 0 Å². The second kappa shape index (κ2) is 10.3. The molecule has 6 nitrogen and oxygen atoms in total. The van der Waals surface area contributed by atoms with E-state index in [2.05, 4.69) is 65.3 Å². The van der Waals surface area contributed by atoms with Crippen LogP contribution in [0.25, 0.3) is 11.0 Å². The topological polar surface area (TPSA) is 59.4 Å². The molecule has 1 saturated heterocycles. The molecule has 0 spiro atoms.